The van der Waals surface area contributed by atoms with Crippen LogP contribution in [0.5, 0.6) is 0 Å². The zero-order valence-electron chi connectivity index (χ0n) is 11.3. The van der Waals surface area contributed by atoms with Crippen molar-refractivity contribution in [1.82, 2.24) is 19.5 Å². The molecule has 0 spiro atoms. The smallest absolute Gasteiger partial charge is 0.327 e. The van der Waals surface area contributed by atoms with E-state index in [9.17, 15) is 14.7 Å². The summed E-state index contributed by atoms with van der Waals surface area (Å²) in [6.07, 6.45) is 6.96. The molecule has 0 radical (unpaired) electrons. The van der Waals surface area contributed by atoms with Gasteiger partial charge in [-0.05, 0) is 6.42 Å². The molecule has 0 bridgehead atoms. The third-order valence-corrected chi connectivity index (χ3v) is 4.97. The van der Waals surface area contributed by atoms with Crippen LogP contribution in [0.3, 0.4) is 0 Å². The molecule has 8 heteroatoms. The van der Waals surface area contributed by atoms with Crippen LogP contribution < -0.4 is 0 Å². The van der Waals surface area contributed by atoms with Crippen LogP contribution in [0.1, 0.15) is 23.7 Å². The van der Waals surface area contributed by atoms with E-state index in [1.54, 1.807) is 23.1 Å². The van der Waals surface area contributed by atoms with Crippen LogP contribution in [0.4, 0.5) is 0 Å². The van der Waals surface area contributed by atoms with E-state index in [4.69, 9.17) is 0 Å². The molecular weight excluding hydrogens is 292 g/mol. The third kappa shape index (κ3) is 2.25. The molecule has 2 unspecified atom stereocenters. The molecule has 1 aliphatic heterocycles. The van der Waals surface area contributed by atoms with Gasteiger partial charge in [0, 0.05) is 18.1 Å². The number of nitrogens with zero attached hydrogens (tertiary/aromatic N) is 4. The van der Waals surface area contributed by atoms with E-state index in [1.807, 2.05) is 6.92 Å². The predicted octanol–water partition coefficient (Wildman–Crippen LogP) is 1.11. The van der Waals surface area contributed by atoms with E-state index in [-0.39, 0.29) is 11.3 Å². The lowest BCUT2D eigenvalue weighted by atomic mass is 10.2. The summed E-state index contributed by atoms with van der Waals surface area (Å²) < 4.78 is 1.56. The second kappa shape index (κ2) is 5.36. The number of hydrogen-bond acceptors (Lipinski definition) is 5. The summed E-state index contributed by atoms with van der Waals surface area (Å²) in [5.74, 6) is -0.861. The Balaban J connectivity index is 2.01. The first-order chi connectivity index (χ1) is 10.1. The Kier molecular flexibility index (Phi) is 3.54. The Hall–Kier alpha value is -2.09. The molecule has 0 saturated carbocycles. The number of aromatic nitrogens is 3. The van der Waals surface area contributed by atoms with Crippen molar-refractivity contribution in [2.24, 2.45) is 0 Å². The quantitative estimate of drug-likeness (QED) is 0.914. The molecule has 3 rings (SSSR count). The molecule has 0 aliphatic carbocycles. The van der Waals surface area contributed by atoms with Gasteiger partial charge < -0.3 is 10.0 Å². The fourth-order valence-corrected chi connectivity index (χ4v) is 3.83. The maximum absolute atomic E-state index is 12.8. The van der Waals surface area contributed by atoms with Gasteiger partial charge in [0.25, 0.3) is 5.91 Å². The minimum absolute atomic E-state index is 0.120. The first-order valence-corrected chi connectivity index (χ1v) is 7.62. The van der Waals surface area contributed by atoms with E-state index in [0.717, 1.165) is 0 Å². The van der Waals surface area contributed by atoms with Crippen LogP contribution in [0, 0.1) is 0 Å². The number of thioether (sulfide) groups is 1. The van der Waals surface area contributed by atoms with E-state index >= 15 is 0 Å². The fraction of sp³-hybridized carbons (Fsp3) is 0.385. The highest BCUT2D eigenvalue weighted by Gasteiger charge is 2.41. The van der Waals surface area contributed by atoms with Gasteiger partial charge in [0.05, 0.1) is 28.8 Å². The van der Waals surface area contributed by atoms with Gasteiger partial charge in [0.15, 0.2) is 0 Å². The SMILES string of the molecule is CCC1SCC(C(=O)O)N1C(=O)c1cnn2ccncc12. The van der Waals surface area contributed by atoms with Gasteiger partial charge >= 0.3 is 5.97 Å². The van der Waals surface area contributed by atoms with Crippen LogP contribution in [-0.2, 0) is 4.79 Å². The summed E-state index contributed by atoms with van der Waals surface area (Å²) in [5.41, 5.74) is 0.966. The predicted molar refractivity (Wildman–Crippen MR) is 77.1 cm³/mol. The van der Waals surface area contributed by atoms with Crippen LogP contribution in [0.2, 0.25) is 0 Å². The van der Waals surface area contributed by atoms with Gasteiger partial charge in [0.1, 0.15) is 6.04 Å². The molecule has 2 atom stereocenters. The molecule has 110 valence electrons. The highest BCUT2D eigenvalue weighted by atomic mass is 32.2. The van der Waals surface area contributed by atoms with Crippen LogP contribution in [0.15, 0.2) is 24.8 Å². The van der Waals surface area contributed by atoms with Crippen molar-refractivity contribution in [1.29, 1.82) is 0 Å². The standard InChI is InChI=1S/C13H14N4O3S/c1-2-11-17(10(7-21-11)13(19)20)12(18)8-5-15-16-4-3-14-6-9(8)16/h3-6,10-11H,2,7H2,1H3,(H,19,20). The Morgan fingerprint density at radius 1 is 1.48 bits per heavy atom. The van der Waals surface area contributed by atoms with Crippen molar-refractivity contribution >= 4 is 29.2 Å². The molecule has 1 N–H and O–H groups in total. The number of carbonyl (C=O) groups excluding carboxylic acids is 1. The normalized spacial score (nSPS) is 21.9. The van der Waals surface area contributed by atoms with E-state index in [1.165, 1.54) is 22.9 Å². The lowest BCUT2D eigenvalue weighted by Gasteiger charge is -2.26. The number of carboxylic acid groups (broad SMARTS) is 1. The largest absolute Gasteiger partial charge is 0.480 e. The number of carboxylic acids is 1. The van der Waals surface area contributed by atoms with Crippen molar-refractivity contribution in [3.8, 4) is 0 Å². The first kappa shape index (κ1) is 13.9. The second-order valence-electron chi connectivity index (χ2n) is 4.73. The first-order valence-electron chi connectivity index (χ1n) is 6.58. The molecular formula is C13H14N4O3S. The Bertz CT molecular complexity index is 702. The van der Waals surface area contributed by atoms with E-state index in [2.05, 4.69) is 10.1 Å². The van der Waals surface area contributed by atoms with Gasteiger partial charge in [-0.15, -0.1) is 11.8 Å². The summed E-state index contributed by atoms with van der Waals surface area (Å²) in [4.78, 5) is 29.6. The third-order valence-electron chi connectivity index (χ3n) is 3.52. The van der Waals surface area contributed by atoms with Gasteiger partial charge in [-0.3, -0.25) is 9.78 Å². The summed E-state index contributed by atoms with van der Waals surface area (Å²) in [5, 5.41) is 13.3. The van der Waals surface area contributed by atoms with Crippen molar-refractivity contribution in [3.05, 3.63) is 30.4 Å². The molecule has 2 aromatic heterocycles. The molecule has 0 aromatic carbocycles. The summed E-state index contributed by atoms with van der Waals surface area (Å²) >= 11 is 1.50. The number of fused-ring (bicyclic) bond motifs is 1. The van der Waals surface area contributed by atoms with E-state index in [0.29, 0.717) is 23.3 Å². The zero-order valence-corrected chi connectivity index (χ0v) is 12.2. The summed E-state index contributed by atoms with van der Waals surface area (Å²) in [6.45, 7) is 1.94. The molecule has 1 saturated heterocycles. The van der Waals surface area contributed by atoms with Crippen molar-refractivity contribution in [2.75, 3.05) is 5.75 Å². The zero-order chi connectivity index (χ0) is 15.0. The lowest BCUT2D eigenvalue weighted by molar-refractivity contribution is -0.141. The van der Waals surface area contributed by atoms with Gasteiger partial charge in [-0.25, -0.2) is 9.31 Å². The second-order valence-corrected chi connectivity index (χ2v) is 5.94. The highest BCUT2D eigenvalue weighted by Crippen LogP contribution is 2.33. The average Bonchev–Trinajstić information content (AvgIpc) is 3.10. The maximum Gasteiger partial charge on any atom is 0.327 e. The topological polar surface area (TPSA) is 87.8 Å². The number of carbonyl (C=O) groups is 2. The van der Waals surface area contributed by atoms with Gasteiger partial charge in [-0.1, -0.05) is 6.92 Å². The van der Waals surface area contributed by atoms with E-state index < -0.39 is 12.0 Å². The lowest BCUT2D eigenvalue weighted by Crippen LogP contribution is -2.45. The molecule has 1 fully saturated rings. The Morgan fingerprint density at radius 3 is 3.00 bits per heavy atom. The summed E-state index contributed by atoms with van der Waals surface area (Å²) in [6, 6.07) is -0.793. The number of aliphatic carboxylic acids is 1. The minimum atomic E-state index is -0.971. The van der Waals surface area contributed by atoms with Crippen LogP contribution in [-0.4, -0.2) is 53.6 Å². The van der Waals surface area contributed by atoms with Gasteiger partial charge in [-0.2, -0.15) is 5.10 Å². The fourth-order valence-electron chi connectivity index (χ4n) is 2.48. The molecule has 7 nitrogen and oxygen atoms in total. The average molecular weight is 306 g/mol. The van der Waals surface area contributed by atoms with Crippen molar-refractivity contribution in [3.63, 3.8) is 0 Å². The molecule has 1 aliphatic rings. The van der Waals surface area contributed by atoms with Crippen molar-refractivity contribution in [2.45, 2.75) is 24.8 Å². The molecule has 3 heterocycles. The minimum Gasteiger partial charge on any atom is -0.480 e. The number of hydrogen-bond donors (Lipinski definition) is 1. The molecule has 1 amide bonds. The Labute approximate surface area is 125 Å². The molecule has 2 aromatic rings. The molecule has 21 heavy (non-hydrogen) atoms. The monoisotopic (exact) mass is 306 g/mol. The van der Waals surface area contributed by atoms with Crippen LogP contribution in [0.25, 0.3) is 5.52 Å². The van der Waals surface area contributed by atoms with Crippen LogP contribution >= 0.6 is 11.8 Å². The number of amides is 1. The van der Waals surface area contributed by atoms with Crippen molar-refractivity contribution < 1.29 is 14.7 Å². The number of rotatable bonds is 3. The highest BCUT2D eigenvalue weighted by molar-refractivity contribution is 8.00. The van der Waals surface area contributed by atoms with Gasteiger partial charge in [0.2, 0.25) is 0 Å². The summed E-state index contributed by atoms with van der Waals surface area (Å²) in [7, 11) is 0. The Morgan fingerprint density at radius 2 is 2.29 bits per heavy atom. The maximum atomic E-state index is 12.8.